The maximum Gasteiger partial charge on any atom is 0.363 e. The van der Waals surface area contributed by atoms with Crippen LogP contribution in [0.15, 0.2) is 18.3 Å². The third kappa shape index (κ3) is 2.29. The molecule has 0 aliphatic carbocycles. The Bertz CT molecular complexity index is 369. The monoisotopic (exact) mass is 221 g/mol. The molecule has 0 radical (unpaired) electrons. The molecule has 1 aliphatic heterocycles. The highest BCUT2D eigenvalue weighted by molar-refractivity contribution is 5.46. The van der Waals surface area contributed by atoms with Crippen molar-refractivity contribution in [1.82, 2.24) is 4.98 Å². The minimum Gasteiger partial charge on any atom is -0.368 e. The van der Waals surface area contributed by atoms with E-state index in [2.05, 4.69) is 16.8 Å². The lowest BCUT2D eigenvalue weighted by atomic mass is 9.99. The highest BCUT2D eigenvalue weighted by Gasteiger charge is 2.17. The van der Waals surface area contributed by atoms with E-state index in [9.17, 15) is 10.1 Å². The van der Waals surface area contributed by atoms with Crippen LogP contribution >= 0.6 is 0 Å². The predicted octanol–water partition coefficient (Wildman–Crippen LogP) is 2.23. The van der Waals surface area contributed by atoms with Gasteiger partial charge in [-0.25, -0.2) is 0 Å². The molecule has 1 aliphatic rings. The van der Waals surface area contributed by atoms with Crippen molar-refractivity contribution in [2.75, 3.05) is 18.0 Å². The van der Waals surface area contributed by atoms with Gasteiger partial charge in [-0.1, -0.05) is 6.92 Å². The van der Waals surface area contributed by atoms with Crippen LogP contribution in [0.4, 0.5) is 11.5 Å². The first kappa shape index (κ1) is 10.9. The van der Waals surface area contributed by atoms with Gasteiger partial charge in [0, 0.05) is 19.2 Å². The van der Waals surface area contributed by atoms with E-state index in [1.807, 2.05) is 0 Å². The van der Waals surface area contributed by atoms with Gasteiger partial charge >= 0.3 is 5.82 Å². The fourth-order valence-electron chi connectivity index (χ4n) is 1.94. The number of hydrogen-bond donors (Lipinski definition) is 0. The number of rotatable bonds is 2. The molecule has 0 saturated carbocycles. The molecule has 0 atom stereocenters. The van der Waals surface area contributed by atoms with Crippen molar-refractivity contribution in [3.63, 3.8) is 0 Å². The number of anilines is 1. The summed E-state index contributed by atoms with van der Waals surface area (Å²) in [4.78, 5) is 16.1. The molecule has 1 fully saturated rings. The number of aromatic nitrogens is 1. The van der Waals surface area contributed by atoms with Crippen LogP contribution in [0.3, 0.4) is 0 Å². The molecule has 1 aromatic heterocycles. The molecular formula is C11H15N3O2. The maximum absolute atomic E-state index is 10.5. The summed E-state index contributed by atoms with van der Waals surface area (Å²) in [6, 6.07) is 3.24. The van der Waals surface area contributed by atoms with Crippen LogP contribution in [0.2, 0.25) is 0 Å². The van der Waals surface area contributed by atoms with E-state index in [1.54, 1.807) is 12.3 Å². The average molecular weight is 221 g/mol. The first-order chi connectivity index (χ1) is 7.66. The van der Waals surface area contributed by atoms with Gasteiger partial charge in [0.15, 0.2) is 6.20 Å². The van der Waals surface area contributed by atoms with Crippen molar-refractivity contribution < 1.29 is 4.92 Å². The number of nitrogens with zero attached hydrogens (tertiary/aromatic N) is 3. The van der Waals surface area contributed by atoms with Crippen molar-refractivity contribution in [2.24, 2.45) is 5.92 Å². The third-order valence-corrected chi connectivity index (χ3v) is 3.07. The normalized spacial score (nSPS) is 17.4. The second-order valence-electron chi connectivity index (χ2n) is 4.30. The molecule has 0 aromatic carbocycles. The van der Waals surface area contributed by atoms with E-state index < -0.39 is 4.92 Å². The lowest BCUT2D eigenvalue weighted by Gasteiger charge is -2.31. The Kier molecular flexibility index (Phi) is 3.03. The standard InChI is InChI=1S/C11H15N3O2/c1-9-4-6-13(7-5-9)10-2-3-11(12-8-10)14(15)16/h2-3,8-9H,4-7H2,1H3. The largest absolute Gasteiger partial charge is 0.368 e. The highest BCUT2D eigenvalue weighted by atomic mass is 16.6. The van der Waals surface area contributed by atoms with Gasteiger partial charge in [0.1, 0.15) is 0 Å². The van der Waals surface area contributed by atoms with Crippen molar-refractivity contribution in [3.05, 3.63) is 28.4 Å². The molecule has 0 N–H and O–H groups in total. The van der Waals surface area contributed by atoms with Crippen LogP contribution in [0.5, 0.6) is 0 Å². The van der Waals surface area contributed by atoms with Crippen molar-refractivity contribution >= 4 is 11.5 Å². The van der Waals surface area contributed by atoms with E-state index in [0.717, 1.165) is 24.7 Å². The molecule has 0 bridgehead atoms. The molecule has 86 valence electrons. The van der Waals surface area contributed by atoms with Gasteiger partial charge in [-0.05, 0) is 34.7 Å². The van der Waals surface area contributed by atoms with Gasteiger partial charge in [-0.15, -0.1) is 0 Å². The van der Waals surface area contributed by atoms with Crippen molar-refractivity contribution in [3.8, 4) is 0 Å². The zero-order valence-corrected chi connectivity index (χ0v) is 9.30. The molecule has 5 heteroatoms. The van der Waals surface area contributed by atoms with E-state index in [-0.39, 0.29) is 5.82 Å². The second-order valence-corrected chi connectivity index (χ2v) is 4.30. The second kappa shape index (κ2) is 4.47. The maximum atomic E-state index is 10.5. The van der Waals surface area contributed by atoms with E-state index >= 15 is 0 Å². The Hall–Kier alpha value is -1.65. The molecular weight excluding hydrogens is 206 g/mol. The van der Waals surface area contributed by atoms with Gasteiger partial charge in [0.2, 0.25) is 0 Å². The molecule has 0 unspecified atom stereocenters. The van der Waals surface area contributed by atoms with Crippen molar-refractivity contribution in [2.45, 2.75) is 19.8 Å². The van der Waals surface area contributed by atoms with Crippen LogP contribution in [0, 0.1) is 16.0 Å². The fourth-order valence-corrected chi connectivity index (χ4v) is 1.94. The zero-order valence-electron chi connectivity index (χ0n) is 9.30. The molecule has 5 nitrogen and oxygen atoms in total. The number of piperidine rings is 1. The summed E-state index contributed by atoms with van der Waals surface area (Å²) in [6.45, 7) is 4.28. The lowest BCUT2D eigenvalue weighted by Crippen LogP contribution is -2.32. The van der Waals surface area contributed by atoms with Crippen LogP contribution in [-0.4, -0.2) is 23.0 Å². The molecule has 0 spiro atoms. The zero-order chi connectivity index (χ0) is 11.5. The Morgan fingerprint density at radius 3 is 2.62 bits per heavy atom. The quantitative estimate of drug-likeness (QED) is 0.567. The summed E-state index contributed by atoms with van der Waals surface area (Å²) >= 11 is 0. The van der Waals surface area contributed by atoms with Gasteiger partial charge in [-0.2, -0.15) is 0 Å². The van der Waals surface area contributed by atoms with Gasteiger partial charge < -0.3 is 15.0 Å². The molecule has 2 heterocycles. The average Bonchev–Trinajstić information content (AvgIpc) is 2.30. The summed E-state index contributed by atoms with van der Waals surface area (Å²) in [6.07, 6.45) is 3.95. The van der Waals surface area contributed by atoms with Crippen molar-refractivity contribution in [1.29, 1.82) is 0 Å². The minimum absolute atomic E-state index is 0.0888. The summed E-state index contributed by atoms with van der Waals surface area (Å²) in [5.41, 5.74) is 0.984. The first-order valence-electron chi connectivity index (χ1n) is 5.52. The Morgan fingerprint density at radius 2 is 2.12 bits per heavy atom. The first-order valence-corrected chi connectivity index (χ1v) is 5.52. The number of hydrogen-bond acceptors (Lipinski definition) is 4. The predicted molar refractivity (Wildman–Crippen MR) is 61.5 cm³/mol. The Balaban J connectivity index is 2.07. The van der Waals surface area contributed by atoms with Crippen LogP contribution in [-0.2, 0) is 0 Å². The van der Waals surface area contributed by atoms with Crippen LogP contribution in [0.1, 0.15) is 19.8 Å². The molecule has 16 heavy (non-hydrogen) atoms. The lowest BCUT2D eigenvalue weighted by molar-refractivity contribution is -0.389. The Morgan fingerprint density at radius 1 is 1.44 bits per heavy atom. The summed E-state index contributed by atoms with van der Waals surface area (Å²) < 4.78 is 0. The molecule has 0 amide bonds. The summed E-state index contributed by atoms with van der Waals surface area (Å²) in [5, 5.41) is 10.5. The number of pyridine rings is 1. The Labute approximate surface area is 94.2 Å². The van der Waals surface area contributed by atoms with Gasteiger partial charge in [0.05, 0.1) is 5.69 Å². The SMILES string of the molecule is CC1CCN(c2ccc([N+](=O)[O-])nc2)CC1. The summed E-state index contributed by atoms with van der Waals surface area (Å²) in [5.74, 6) is 0.691. The van der Waals surface area contributed by atoms with Crippen LogP contribution in [0.25, 0.3) is 0 Å². The van der Waals surface area contributed by atoms with Crippen LogP contribution < -0.4 is 4.90 Å². The summed E-state index contributed by atoms with van der Waals surface area (Å²) in [7, 11) is 0. The van der Waals surface area contributed by atoms with E-state index in [4.69, 9.17) is 0 Å². The highest BCUT2D eigenvalue weighted by Crippen LogP contribution is 2.23. The van der Waals surface area contributed by atoms with E-state index in [1.165, 1.54) is 18.9 Å². The molecule has 1 aromatic rings. The van der Waals surface area contributed by atoms with Gasteiger partial charge in [-0.3, -0.25) is 0 Å². The van der Waals surface area contributed by atoms with Gasteiger partial charge in [0.25, 0.3) is 0 Å². The molecule has 1 saturated heterocycles. The topological polar surface area (TPSA) is 59.3 Å². The minimum atomic E-state index is -0.470. The smallest absolute Gasteiger partial charge is 0.363 e. The number of nitro groups is 1. The molecule has 2 rings (SSSR count). The fraction of sp³-hybridized carbons (Fsp3) is 0.545. The third-order valence-electron chi connectivity index (χ3n) is 3.07. The van der Waals surface area contributed by atoms with E-state index in [0.29, 0.717) is 0 Å².